The fourth-order valence-electron chi connectivity index (χ4n) is 2.65. The van der Waals surface area contributed by atoms with Crippen LogP contribution in [0.5, 0.6) is 28.7 Å². The minimum absolute atomic E-state index is 0.134. The lowest BCUT2D eigenvalue weighted by molar-refractivity contribution is 0.109. The first-order valence-corrected chi connectivity index (χ1v) is 8.41. The van der Waals surface area contributed by atoms with Gasteiger partial charge in [-0.15, -0.1) is 0 Å². The molecule has 148 valence electrons. The predicted molar refractivity (Wildman–Crippen MR) is 99.9 cm³/mol. The van der Waals surface area contributed by atoms with E-state index in [0.717, 1.165) is 50.6 Å². The summed E-state index contributed by atoms with van der Waals surface area (Å²) in [7, 11) is 0. The summed E-state index contributed by atoms with van der Waals surface area (Å²) in [6.45, 7) is 3.83. The average Bonchev–Trinajstić information content (AvgIpc) is 2.68. The first-order valence-electron chi connectivity index (χ1n) is 8.41. The van der Waals surface area contributed by atoms with Gasteiger partial charge in [-0.25, -0.2) is 0 Å². The van der Waals surface area contributed by atoms with E-state index in [-0.39, 0.29) is 33.8 Å². The molecule has 1 aliphatic heterocycles. The van der Waals surface area contributed by atoms with Crippen LogP contribution in [0, 0.1) is 0 Å². The third-order valence-corrected chi connectivity index (χ3v) is 4.02. The molecule has 0 atom stereocenters. The maximum atomic E-state index is 12.1. The minimum Gasteiger partial charge on any atom is -0.508 e. The zero-order valence-electron chi connectivity index (χ0n) is 14.7. The van der Waals surface area contributed by atoms with E-state index in [0.29, 0.717) is 0 Å². The summed E-state index contributed by atoms with van der Waals surface area (Å²) in [6, 6.07) is 5.64. The van der Waals surface area contributed by atoms with E-state index in [2.05, 4.69) is 5.32 Å². The standard InChI is InChI=1S/C15H10O7.C4H9NO/c16-7-4-10(19)12-11(5-7)22-15(14(21)13(12)20)6-1-2-8(17)9(18)3-6;1-3-6-4-2-5-1/h1-5,16-19,21H;5H,1-4H2. The summed E-state index contributed by atoms with van der Waals surface area (Å²) in [5.41, 5.74) is -0.890. The number of fused-ring (bicyclic) bond motifs is 1. The van der Waals surface area contributed by atoms with Crippen LogP contribution < -0.4 is 10.7 Å². The molecule has 28 heavy (non-hydrogen) atoms. The number of nitrogens with one attached hydrogen (secondary N) is 1. The Hall–Kier alpha value is -3.43. The molecule has 1 aromatic heterocycles. The number of phenolic OH excluding ortho intramolecular Hbond substituents is 4. The molecular weight excluding hydrogens is 370 g/mol. The van der Waals surface area contributed by atoms with Crippen molar-refractivity contribution in [3.8, 4) is 40.1 Å². The maximum Gasteiger partial charge on any atom is 0.238 e. The molecule has 0 spiro atoms. The SMILES string of the molecule is C1COCCN1.O=c1c(O)c(-c2ccc(O)c(O)c2)oc2cc(O)cc(O)c12. The van der Waals surface area contributed by atoms with Crippen molar-refractivity contribution in [3.63, 3.8) is 0 Å². The highest BCUT2D eigenvalue weighted by atomic mass is 16.5. The van der Waals surface area contributed by atoms with Crippen LogP contribution in [-0.2, 0) is 4.74 Å². The maximum absolute atomic E-state index is 12.1. The van der Waals surface area contributed by atoms with Crippen molar-refractivity contribution in [2.75, 3.05) is 26.3 Å². The Morgan fingerprint density at radius 3 is 2.14 bits per heavy atom. The molecule has 0 radical (unpaired) electrons. The van der Waals surface area contributed by atoms with Crippen LogP contribution in [0.15, 0.2) is 39.5 Å². The fourth-order valence-corrected chi connectivity index (χ4v) is 2.65. The third-order valence-electron chi connectivity index (χ3n) is 4.02. The van der Waals surface area contributed by atoms with Crippen LogP contribution in [0.3, 0.4) is 0 Å². The van der Waals surface area contributed by atoms with E-state index < -0.39 is 22.7 Å². The second kappa shape index (κ2) is 8.07. The van der Waals surface area contributed by atoms with Crippen LogP contribution in [0.1, 0.15) is 0 Å². The molecule has 2 aromatic carbocycles. The first-order chi connectivity index (χ1) is 13.4. The Morgan fingerprint density at radius 1 is 0.857 bits per heavy atom. The highest BCUT2D eigenvalue weighted by Crippen LogP contribution is 2.37. The number of hydrogen-bond donors (Lipinski definition) is 6. The number of hydrogen-bond acceptors (Lipinski definition) is 9. The zero-order chi connectivity index (χ0) is 20.3. The third kappa shape index (κ3) is 3.95. The molecule has 2 heterocycles. The lowest BCUT2D eigenvalue weighted by Crippen LogP contribution is -2.30. The molecule has 4 rings (SSSR count). The Kier molecular flexibility index (Phi) is 5.57. The van der Waals surface area contributed by atoms with Gasteiger partial charge in [-0.05, 0) is 18.2 Å². The monoisotopic (exact) mass is 389 g/mol. The van der Waals surface area contributed by atoms with Crippen LogP contribution in [-0.4, -0.2) is 51.8 Å². The van der Waals surface area contributed by atoms with Gasteiger partial charge in [-0.3, -0.25) is 4.79 Å². The van der Waals surface area contributed by atoms with Gasteiger partial charge in [0.2, 0.25) is 11.2 Å². The summed E-state index contributed by atoms with van der Waals surface area (Å²) in [5, 5.41) is 50.8. The van der Waals surface area contributed by atoms with Crippen molar-refractivity contribution in [3.05, 3.63) is 40.6 Å². The van der Waals surface area contributed by atoms with Gasteiger partial charge in [0.15, 0.2) is 17.3 Å². The lowest BCUT2D eigenvalue weighted by Gasteiger charge is -2.10. The van der Waals surface area contributed by atoms with Crippen molar-refractivity contribution in [1.82, 2.24) is 5.32 Å². The molecule has 3 aromatic rings. The van der Waals surface area contributed by atoms with Crippen molar-refractivity contribution in [1.29, 1.82) is 0 Å². The minimum atomic E-state index is -0.888. The molecule has 1 saturated heterocycles. The van der Waals surface area contributed by atoms with Crippen molar-refractivity contribution in [2.45, 2.75) is 0 Å². The van der Waals surface area contributed by atoms with Crippen LogP contribution in [0.2, 0.25) is 0 Å². The summed E-state index contributed by atoms with van der Waals surface area (Å²) in [4.78, 5) is 12.1. The largest absolute Gasteiger partial charge is 0.508 e. The van der Waals surface area contributed by atoms with Crippen LogP contribution >= 0.6 is 0 Å². The van der Waals surface area contributed by atoms with Gasteiger partial charge in [0.1, 0.15) is 22.5 Å². The molecule has 1 fully saturated rings. The van der Waals surface area contributed by atoms with E-state index in [1.165, 1.54) is 6.07 Å². The highest BCUT2D eigenvalue weighted by molar-refractivity contribution is 5.88. The van der Waals surface area contributed by atoms with E-state index in [1.807, 2.05) is 0 Å². The number of ether oxygens (including phenoxy) is 1. The highest BCUT2D eigenvalue weighted by Gasteiger charge is 2.19. The Bertz CT molecular complexity index is 1040. The molecular formula is C19H19NO8. The van der Waals surface area contributed by atoms with Crippen molar-refractivity contribution in [2.24, 2.45) is 0 Å². The van der Waals surface area contributed by atoms with Gasteiger partial charge in [-0.2, -0.15) is 0 Å². The normalized spacial score (nSPS) is 13.7. The summed E-state index contributed by atoms with van der Waals surface area (Å²) in [5.74, 6) is -2.71. The summed E-state index contributed by atoms with van der Waals surface area (Å²) in [6.07, 6.45) is 0. The van der Waals surface area contributed by atoms with Gasteiger partial charge >= 0.3 is 0 Å². The Morgan fingerprint density at radius 2 is 1.57 bits per heavy atom. The molecule has 9 nitrogen and oxygen atoms in total. The molecule has 0 amide bonds. The molecule has 9 heteroatoms. The summed E-state index contributed by atoms with van der Waals surface area (Å²) < 4.78 is 10.4. The van der Waals surface area contributed by atoms with Gasteiger partial charge in [0.05, 0.1) is 13.2 Å². The summed E-state index contributed by atoms with van der Waals surface area (Å²) >= 11 is 0. The van der Waals surface area contributed by atoms with E-state index in [1.54, 1.807) is 0 Å². The van der Waals surface area contributed by atoms with Crippen LogP contribution in [0.4, 0.5) is 0 Å². The topological polar surface area (TPSA) is 153 Å². The molecule has 6 N–H and O–H groups in total. The molecule has 0 aliphatic carbocycles. The quantitative estimate of drug-likeness (QED) is 0.341. The zero-order valence-corrected chi connectivity index (χ0v) is 14.7. The van der Waals surface area contributed by atoms with Gasteiger partial charge in [0.25, 0.3) is 0 Å². The number of phenols is 4. The van der Waals surface area contributed by atoms with Crippen molar-refractivity contribution >= 4 is 11.0 Å². The van der Waals surface area contributed by atoms with E-state index >= 15 is 0 Å². The first kappa shape index (κ1) is 19.3. The number of benzene rings is 2. The fraction of sp³-hybridized carbons (Fsp3) is 0.211. The molecule has 1 aliphatic rings. The lowest BCUT2D eigenvalue weighted by atomic mass is 10.1. The van der Waals surface area contributed by atoms with E-state index in [9.17, 15) is 30.3 Å². The number of aromatic hydroxyl groups is 5. The average molecular weight is 389 g/mol. The predicted octanol–water partition coefficient (Wildman–Crippen LogP) is 1.59. The smallest absolute Gasteiger partial charge is 0.238 e. The Balaban J connectivity index is 0.000000320. The van der Waals surface area contributed by atoms with Gasteiger partial charge < -0.3 is 40.0 Å². The second-order valence-corrected chi connectivity index (χ2v) is 6.01. The van der Waals surface area contributed by atoms with Crippen molar-refractivity contribution < 1.29 is 34.7 Å². The molecule has 0 bridgehead atoms. The van der Waals surface area contributed by atoms with E-state index in [4.69, 9.17) is 9.15 Å². The van der Waals surface area contributed by atoms with Gasteiger partial charge in [-0.1, -0.05) is 0 Å². The second-order valence-electron chi connectivity index (χ2n) is 6.01. The molecule has 0 saturated carbocycles. The van der Waals surface area contributed by atoms with Crippen LogP contribution in [0.25, 0.3) is 22.3 Å². The number of rotatable bonds is 1. The Labute approximate surface area is 158 Å². The van der Waals surface area contributed by atoms with Gasteiger partial charge in [0, 0.05) is 30.8 Å². The number of morpholine rings is 1. The molecule has 0 unspecified atom stereocenters.